The van der Waals surface area contributed by atoms with Crippen molar-refractivity contribution in [3.63, 3.8) is 0 Å². The van der Waals surface area contributed by atoms with E-state index >= 15 is 0 Å². The molecule has 1 fully saturated rings. The molecule has 4 heteroatoms. The maximum absolute atomic E-state index is 12.8. The van der Waals surface area contributed by atoms with Crippen molar-refractivity contribution in [3.8, 4) is 0 Å². The van der Waals surface area contributed by atoms with E-state index < -0.39 is 0 Å². The van der Waals surface area contributed by atoms with E-state index in [1.54, 1.807) is 0 Å². The molecule has 0 radical (unpaired) electrons. The molecule has 0 saturated carbocycles. The van der Waals surface area contributed by atoms with Crippen molar-refractivity contribution in [2.24, 2.45) is 0 Å². The highest BCUT2D eigenvalue weighted by Crippen LogP contribution is 2.20. The summed E-state index contributed by atoms with van der Waals surface area (Å²) in [6.45, 7) is 6.87. The van der Waals surface area contributed by atoms with Crippen molar-refractivity contribution in [2.75, 3.05) is 19.6 Å². The maximum Gasteiger partial charge on any atom is 0.254 e. The Kier molecular flexibility index (Phi) is 4.99. The van der Waals surface area contributed by atoms with Crippen molar-refractivity contribution in [3.05, 3.63) is 33.8 Å². The molecular weight excluding hydrogens is 304 g/mol. The second-order valence-corrected chi connectivity index (χ2v) is 6.02. The molecule has 1 aliphatic heterocycles. The fourth-order valence-corrected chi connectivity index (χ4v) is 2.94. The van der Waals surface area contributed by atoms with Gasteiger partial charge in [0, 0.05) is 29.2 Å². The van der Waals surface area contributed by atoms with Crippen molar-refractivity contribution in [2.45, 2.75) is 32.7 Å². The van der Waals surface area contributed by atoms with E-state index in [4.69, 9.17) is 0 Å². The van der Waals surface area contributed by atoms with E-state index in [-0.39, 0.29) is 5.91 Å². The first-order valence-electron chi connectivity index (χ1n) is 6.91. The second-order valence-electron chi connectivity index (χ2n) is 5.10. The average molecular weight is 325 g/mol. The van der Waals surface area contributed by atoms with Crippen LogP contribution < -0.4 is 5.32 Å². The van der Waals surface area contributed by atoms with Crippen molar-refractivity contribution < 1.29 is 4.79 Å². The molecule has 0 bridgehead atoms. The Morgan fingerprint density at radius 1 is 1.53 bits per heavy atom. The number of aryl methyl sites for hydroxylation is 1. The summed E-state index contributed by atoms with van der Waals surface area (Å²) in [6.07, 6.45) is 2.05. The largest absolute Gasteiger partial charge is 0.334 e. The number of carbonyl (C=O) groups excluding carboxylic acids is 1. The van der Waals surface area contributed by atoms with E-state index in [1.807, 2.05) is 30.0 Å². The van der Waals surface area contributed by atoms with Crippen LogP contribution in [0.15, 0.2) is 22.7 Å². The third kappa shape index (κ3) is 3.37. The van der Waals surface area contributed by atoms with Gasteiger partial charge in [0.25, 0.3) is 5.91 Å². The fourth-order valence-electron chi connectivity index (χ4n) is 2.58. The van der Waals surface area contributed by atoms with Crippen LogP contribution >= 0.6 is 15.9 Å². The molecule has 1 heterocycles. The number of hydrogen-bond acceptors (Lipinski definition) is 2. The van der Waals surface area contributed by atoms with Crippen LogP contribution in [0.2, 0.25) is 0 Å². The molecule has 1 unspecified atom stereocenters. The number of carbonyl (C=O) groups is 1. The molecule has 1 aromatic rings. The predicted octanol–water partition coefficient (Wildman–Crippen LogP) is 2.97. The first-order chi connectivity index (χ1) is 9.13. The fraction of sp³-hybridized carbons (Fsp3) is 0.533. The van der Waals surface area contributed by atoms with Crippen LogP contribution in [0.5, 0.6) is 0 Å². The van der Waals surface area contributed by atoms with Crippen LogP contribution in [0.3, 0.4) is 0 Å². The molecule has 0 aromatic heterocycles. The van der Waals surface area contributed by atoms with E-state index in [9.17, 15) is 4.79 Å². The lowest BCUT2D eigenvalue weighted by Gasteiger charge is -2.29. The molecule has 19 heavy (non-hydrogen) atoms. The quantitative estimate of drug-likeness (QED) is 0.923. The Morgan fingerprint density at radius 2 is 2.32 bits per heavy atom. The Labute approximate surface area is 123 Å². The summed E-state index contributed by atoms with van der Waals surface area (Å²) in [7, 11) is 0. The van der Waals surface area contributed by atoms with Crippen molar-refractivity contribution >= 4 is 21.8 Å². The van der Waals surface area contributed by atoms with Gasteiger partial charge in [-0.15, -0.1) is 0 Å². The van der Waals surface area contributed by atoms with Gasteiger partial charge in [0.2, 0.25) is 0 Å². The van der Waals surface area contributed by atoms with Gasteiger partial charge in [-0.3, -0.25) is 4.79 Å². The topological polar surface area (TPSA) is 32.3 Å². The first-order valence-corrected chi connectivity index (χ1v) is 7.70. The lowest BCUT2D eigenvalue weighted by atomic mass is 10.1. The monoisotopic (exact) mass is 324 g/mol. The summed E-state index contributed by atoms with van der Waals surface area (Å²) in [5, 5.41) is 3.34. The minimum absolute atomic E-state index is 0.161. The average Bonchev–Trinajstić information content (AvgIpc) is 2.92. The van der Waals surface area contributed by atoms with Gasteiger partial charge >= 0.3 is 0 Å². The second kappa shape index (κ2) is 6.53. The van der Waals surface area contributed by atoms with Gasteiger partial charge in [0.05, 0.1) is 0 Å². The molecule has 3 nitrogen and oxygen atoms in total. The highest BCUT2D eigenvalue weighted by atomic mass is 79.9. The normalized spacial score (nSPS) is 18.6. The third-order valence-corrected chi connectivity index (χ3v) is 4.12. The van der Waals surface area contributed by atoms with E-state index in [2.05, 4.69) is 28.2 Å². The minimum Gasteiger partial charge on any atom is -0.334 e. The van der Waals surface area contributed by atoms with Crippen molar-refractivity contribution in [1.29, 1.82) is 0 Å². The zero-order valence-corrected chi connectivity index (χ0v) is 13.2. The molecular formula is C15H21BrN2O. The van der Waals surface area contributed by atoms with Crippen LogP contribution in [0.25, 0.3) is 0 Å². The number of nitrogens with one attached hydrogen (secondary N) is 1. The molecule has 0 spiro atoms. The molecule has 0 aliphatic carbocycles. The van der Waals surface area contributed by atoms with Crippen LogP contribution in [0.4, 0.5) is 0 Å². The summed E-state index contributed by atoms with van der Waals surface area (Å²) in [5.41, 5.74) is 1.86. The van der Waals surface area contributed by atoms with Gasteiger partial charge in [-0.2, -0.15) is 0 Å². The zero-order chi connectivity index (χ0) is 13.8. The number of halogens is 1. The number of amides is 1. The number of hydrogen-bond donors (Lipinski definition) is 1. The standard InChI is InChI=1S/C15H21BrN2O/c1-3-8-18(13-6-7-17-10-13)15(19)14-9-12(16)5-4-11(14)2/h4-5,9,13,17H,3,6-8,10H2,1-2H3. The number of nitrogens with zero attached hydrogens (tertiary/aromatic N) is 1. The molecule has 1 aromatic carbocycles. The van der Waals surface area contributed by atoms with E-state index in [0.717, 1.165) is 48.1 Å². The molecule has 1 amide bonds. The zero-order valence-electron chi connectivity index (χ0n) is 11.6. The molecule has 2 rings (SSSR count). The summed E-state index contributed by atoms with van der Waals surface area (Å²) >= 11 is 3.45. The molecule has 1 saturated heterocycles. The lowest BCUT2D eigenvalue weighted by molar-refractivity contribution is 0.0691. The summed E-state index contributed by atoms with van der Waals surface area (Å²) in [5.74, 6) is 0.161. The smallest absolute Gasteiger partial charge is 0.254 e. The van der Waals surface area contributed by atoms with Crippen LogP contribution in [-0.4, -0.2) is 36.5 Å². The number of benzene rings is 1. The summed E-state index contributed by atoms with van der Waals surface area (Å²) in [4.78, 5) is 14.8. The highest BCUT2D eigenvalue weighted by molar-refractivity contribution is 9.10. The lowest BCUT2D eigenvalue weighted by Crippen LogP contribution is -2.42. The molecule has 1 aliphatic rings. The van der Waals surface area contributed by atoms with Gasteiger partial charge < -0.3 is 10.2 Å². The van der Waals surface area contributed by atoms with Crippen LogP contribution in [0.1, 0.15) is 35.7 Å². The first kappa shape index (κ1) is 14.5. The Morgan fingerprint density at radius 3 is 2.95 bits per heavy atom. The molecule has 104 valence electrons. The van der Waals surface area contributed by atoms with Gasteiger partial charge in [-0.25, -0.2) is 0 Å². The van der Waals surface area contributed by atoms with Gasteiger partial charge in [-0.05, 0) is 44.0 Å². The van der Waals surface area contributed by atoms with Gasteiger partial charge in [-0.1, -0.05) is 28.9 Å². The van der Waals surface area contributed by atoms with Crippen LogP contribution in [-0.2, 0) is 0 Å². The van der Waals surface area contributed by atoms with E-state index in [1.165, 1.54) is 0 Å². The van der Waals surface area contributed by atoms with Crippen molar-refractivity contribution in [1.82, 2.24) is 10.2 Å². The Balaban J connectivity index is 2.25. The van der Waals surface area contributed by atoms with Gasteiger partial charge in [0.15, 0.2) is 0 Å². The Hall–Kier alpha value is -0.870. The third-order valence-electron chi connectivity index (χ3n) is 3.63. The van der Waals surface area contributed by atoms with Crippen LogP contribution in [0, 0.1) is 6.92 Å². The van der Waals surface area contributed by atoms with E-state index in [0.29, 0.717) is 6.04 Å². The number of rotatable bonds is 4. The Bertz CT molecular complexity index is 455. The predicted molar refractivity (Wildman–Crippen MR) is 81.5 cm³/mol. The highest BCUT2D eigenvalue weighted by Gasteiger charge is 2.27. The SMILES string of the molecule is CCCN(C(=O)c1cc(Br)ccc1C)C1CCNC1. The minimum atomic E-state index is 0.161. The summed E-state index contributed by atoms with van der Waals surface area (Å²) in [6, 6.07) is 6.25. The van der Waals surface area contributed by atoms with Gasteiger partial charge in [0.1, 0.15) is 0 Å². The molecule has 1 atom stereocenters. The maximum atomic E-state index is 12.8. The molecule has 1 N–H and O–H groups in total. The summed E-state index contributed by atoms with van der Waals surface area (Å²) < 4.78 is 0.961.